The van der Waals surface area contributed by atoms with Gasteiger partial charge in [-0.15, -0.1) is 0 Å². The van der Waals surface area contributed by atoms with E-state index in [2.05, 4.69) is 6.92 Å². The molecular weight excluding hydrogens is 300 g/mol. The fourth-order valence-corrected chi connectivity index (χ4v) is 2.27. The third-order valence-electron chi connectivity index (χ3n) is 3.35. The van der Waals surface area contributed by atoms with Crippen molar-refractivity contribution in [2.45, 2.75) is 13.8 Å². The second kappa shape index (κ2) is 6.04. The summed E-state index contributed by atoms with van der Waals surface area (Å²) in [5, 5.41) is 0. The molecule has 0 aliphatic rings. The minimum absolute atomic E-state index is 0.112. The van der Waals surface area contributed by atoms with Gasteiger partial charge in [-0.2, -0.15) is 0 Å². The van der Waals surface area contributed by atoms with Crippen LogP contribution in [0, 0.1) is 6.92 Å². The van der Waals surface area contributed by atoms with Crippen molar-refractivity contribution >= 4 is 17.6 Å². The van der Waals surface area contributed by atoms with Crippen molar-refractivity contribution in [3.8, 4) is 5.75 Å². The number of aromatic nitrogens is 2. The van der Waals surface area contributed by atoms with Crippen molar-refractivity contribution in [2.24, 2.45) is 0 Å². The summed E-state index contributed by atoms with van der Waals surface area (Å²) in [4.78, 5) is 48.2. The van der Waals surface area contributed by atoms with Crippen LogP contribution in [0.2, 0.25) is 0 Å². The van der Waals surface area contributed by atoms with Crippen LogP contribution < -0.4 is 10.4 Å². The summed E-state index contributed by atoms with van der Waals surface area (Å²) in [7, 11) is 1.49. The highest BCUT2D eigenvalue weighted by Crippen LogP contribution is 2.17. The van der Waals surface area contributed by atoms with Crippen LogP contribution in [0.4, 0.5) is 0 Å². The predicted octanol–water partition coefficient (Wildman–Crippen LogP) is 1.39. The second-order valence-electron chi connectivity index (χ2n) is 4.84. The van der Waals surface area contributed by atoms with Gasteiger partial charge in [-0.1, -0.05) is 0 Å². The molecule has 1 heterocycles. The highest BCUT2D eigenvalue weighted by molar-refractivity contribution is 6.11. The molecule has 0 unspecified atom stereocenters. The molecule has 1 radical (unpaired) electrons. The summed E-state index contributed by atoms with van der Waals surface area (Å²) in [5.41, 5.74) is -0.986. The van der Waals surface area contributed by atoms with Crippen LogP contribution >= 0.6 is 0 Å². The van der Waals surface area contributed by atoms with Gasteiger partial charge in [0.2, 0.25) is 17.6 Å². The van der Waals surface area contributed by atoms with E-state index in [0.717, 1.165) is 13.8 Å². The van der Waals surface area contributed by atoms with E-state index in [4.69, 9.17) is 4.74 Å². The second-order valence-corrected chi connectivity index (χ2v) is 4.84. The first-order valence-electron chi connectivity index (χ1n) is 6.70. The molecule has 2 rings (SSSR count). The van der Waals surface area contributed by atoms with Gasteiger partial charge in [0, 0.05) is 19.4 Å². The van der Waals surface area contributed by atoms with Crippen LogP contribution in [0.5, 0.6) is 5.75 Å². The monoisotopic (exact) mass is 315 g/mol. The average Bonchev–Trinajstić information content (AvgIpc) is 2.77. The van der Waals surface area contributed by atoms with Crippen LogP contribution in [-0.2, 0) is 0 Å². The molecular formula is C16H15N2O5. The first-order valence-corrected chi connectivity index (χ1v) is 6.70. The quantitative estimate of drug-likeness (QED) is 0.799. The van der Waals surface area contributed by atoms with E-state index in [-0.39, 0.29) is 17.0 Å². The molecule has 0 saturated carbocycles. The molecule has 0 saturated heterocycles. The van der Waals surface area contributed by atoms with E-state index >= 15 is 0 Å². The standard InChI is InChI=1S/C16H15N2O5/c1-9-14(15(21)12-5-7-13(23-4)8-6-12)18(11(3)20)16(22)17(9)10(2)19/h5-8H,1H2,2-4H3. The molecule has 0 aliphatic heterocycles. The molecule has 0 fully saturated rings. The summed E-state index contributed by atoms with van der Waals surface area (Å²) in [5.74, 6) is -1.31. The summed E-state index contributed by atoms with van der Waals surface area (Å²) in [6.45, 7) is 5.90. The third-order valence-corrected chi connectivity index (χ3v) is 3.35. The molecule has 0 bridgehead atoms. The molecule has 0 amide bonds. The third kappa shape index (κ3) is 2.73. The zero-order chi connectivity index (χ0) is 17.3. The molecule has 7 heteroatoms. The smallest absolute Gasteiger partial charge is 0.342 e. The van der Waals surface area contributed by atoms with Gasteiger partial charge in [0.1, 0.15) is 11.4 Å². The van der Waals surface area contributed by atoms with E-state index in [1.807, 2.05) is 0 Å². The van der Waals surface area contributed by atoms with Gasteiger partial charge >= 0.3 is 5.69 Å². The lowest BCUT2D eigenvalue weighted by atomic mass is 10.1. The van der Waals surface area contributed by atoms with E-state index in [1.54, 1.807) is 12.1 Å². The number of ether oxygens (including phenoxy) is 1. The first-order chi connectivity index (χ1) is 10.8. The number of rotatable bonds is 3. The number of hydrogen-bond acceptors (Lipinski definition) is 5. The summed E-state index contributed by atoms with van der Waals surface area (Å²) in [6.07, 6.45) is 0. The van der Waals surface area contributed by atoms with E-state index in [1.165, 1.54) is 19.2 Å². The van der Waals surface area contributed by atoms with E-state index in [9.17, 15) is 19.2 Å². The SMILES string of the molecule is [CH2]c1c(C(=O)c2ccc(OC)cc2)n(C(C)=O)c(=O)n1C(C)=O. The summed E-state index contributed by atoms with van der Waals surface area (Å²) < 4.78 is 6.38. The Hall–Kier alpha value is -2.96. The zero-order valence-electron chi connectivity index (χ0n) is 13.0. The van der Waals surface area contributed by atoms with Gasteiger partial charge in [0.15, 0.2) is 0 Å². The van der Waals surface area contributed by atoms with Gasteiger partial charge in [0.25, 0.3) is 0 Å². The Morgan fingerprint density at radius 3 is 1.96 bits per heavy atom. The van der Waals surface area contributed by atoms with Gasteiger partial charge in [-0.05, 0) is 31.2 Å². The molecule has 1 aromatic carbocycles. The van der Waals surface area contributed by atoms with E-state index < -0.39 is 23.3 Å². The Morgan fingerprint density at radius 2 is 1.52 bits per heavy atom. The van der Waals surface area contributed by atoms with Crippen molar-refractivity contribution in [1.82, 2.24) is 9.13 Å². The molecule has 2 aromatic rings. The number of methoxy groups -OCH3 is 1. The highest BCUT2D eigenvalue weighted by Gasteiger charge is 2.27. The van der Waals surface area contributed by atoms with E-state index in [0.29, 0.717) is 14.9 Å². The van der Waals surface area contributed by atoms with Crippen LogP contribution in [0.1, 0.15) is 45.2 Å². The molecule has 0 atom stereocenters. The lowest BCUT2D eigenvalue weighted by Gasteiger charge is -2.05. The Morgan fingerprint density at radius 1 is 1.00 bits per heavy atom. The molecule has 0 aliphatic carbocycles. The minimum atomic E-state index is -0.896. The number of carbonyl (C=O) groups excluding carboxylic acids is 3. The number of nitrogens with zero attached hydrogens (tertiary/aromatic N) is 2. The van der Waals surface area contributed by atoms with Crippen LogP contribution in [0.3, 0.4) is 0 Å². The van der Waals surface area contributed by atoms with Crippen molar-refractivity contribution < 1.29 is 19.1 Å². The number of imidazole rings is 1. The lowest BCUT2D eigenvalue weighted by molar-refractivity contribution is 0.0905. The van der Waals surface area contributed by atoms with Gasteiger partial charge in [0.05, 0.1) is 12.8 Å². The van der Waals surface area contributed by atoms with Gasteiger partial charge in [-0.3, -0.25) is 14.4 Å². The van der Waals surface area contributed by atoms with Crippen molar-refractivity contribution in [3.63, 3.8) is 0 Å². The maximum atomic E-state index is 12.7. The fourth-order valence-electron chi connectivity index (χ4n) is 2.27. The van der Waals surface area contributed by atoms with Crippen molar-refractivity contribution in [2.75, 3.05) is 7.11 Å². The predicted molar refractivity (Wildman–Crippen MR) is 82.2 cm³/mol. The number of carbonyl (C=O) groups is 3. The van der Waals surface area contributed by atoms with Crippen LogP contribution in [0.15, 0.2) is 29.1 Å². The maximum Gasteiger partial charge on any atom is 0.342 e. The fraction of sp³-hybridized carbons (Fsp3) is 0.188. The first kappa shape index (κ1) is 16.4. The Bertz CT molecular complexity index is 856. The number of benzene rings is 1. The molecule has 119 valence electrons. The lowest BCUT2D eigenvalue weighted by Crippen LogP contribution is -2.31. The molecule has 1 aromatic heterocycles. The minimum Gasteiger partial charge on any atom is -0.497 e. The van der Waals surface area contributed by atoms with Crippen LogP contribution in [0.25, 0.3) is 0 Å². The highest BCUT2D eigenvalue weighted by atomic mass is 16.5. The Kier molecular flexibility index (Phi) is 4.31. The summed E-state index contributed by atoms with van der Waals surface area (Å²) >= 11 is 0. The normalized spacial score (nSPS) is 10.4. The van der Waals surface area contributed by atoms with Crippen LogP contribution in [-0.4, -0.2) is 33.8 Å². The van der Waals surface area contributed by atoms with Gasteiger partial charge in [-0.25, -0.2) is 13.9 Å². The van der Waals surface area contributed by atoms with Crippen molar-refractivity contribution in [3.05, 3.63) is 58.6 Å². The number of hydrogen-bond donors (Lipinski definition) is 0. The van der Waals surface area contributed by atoms with Gasteiger partial charge < -0.3 is 4.74 Å². The molecule has 7 nitrogen and oxygen atoms in total. The Balaban J connectivity index is 2.68. The van der Waals surface area contributed by atoms with Crippen molar-refractivity contribution in [1.29, 1.82) is 0 Å². The molecule has 0 N–H and O–H groups in total. The molecule has 23 heavy (non-hydrogen) atoms. The Labute approximate surface area is 132 Å². The number of ketones is 1. The largest absolute Gasteiger partial charge is 0.497 e. The average molecular weight is 315 g/mol. The zero-order valence-corrected chi connectivity index (χ0v) is 13.0. The topological polar surface area (TPSA) is 87.4 Å². The summed E-state index contributed by atoms with van der Waals surface area (Å²) in [6, 6.07) is 6.16. The molecule has 0 spiro atoms. The maximum absolute atomic E-state index is 12.7.